The van der Waals surface area contributed by atoms with Crippen LogP contribution in [0.25, 0.3) is 6.08 Å². The molecule has 0 unspecified atom stereocenters. The van der Waals surface area contributed by atoms with Gasteiger partial charge in [0.05, 0.1) is 41.2 Å². The van der Waals surface area contributed by atoms with Crippen molar-refractivity contribution in [1.29, 1.82) is 0 Å². The summed E-state index contributed by atoms with van der Waals surface area (Å²) in [5.74, 6) is 0.888. The number of carbonyl (C=O) groups excluding carboxylic acids is 1. The Morgan fingerprint density at radius 1 is 1.06 bits per heavy atom. The van der Waals surface area contributed by atoms with Gasteiger partial charge in [0.1, 0.15) is 11.5 Å². The summed E-state index contributed by atoms with van der Waals surface area (Å²) in [4.78, 5) is 32.2. The van der Waals surface area contributed by atoms with Gasteiger partial charge in [0.2, 0.25) is 0 Å². The maximum absolute atomic E-state index is 13.8. The smallest absolute Gasteiger partial charge is 0.338 e. The first-order chi connectivity index (χ1) is 17.2. The summed E-state index contributed by atoms with van der Waals surface area (Å²) in [5.41, 5.74) is 2.19. The van der Waals surface area contributed by atoms with Gasteiger partial charge < -0.3 is 14.2 Å². The quantitative estimate of drug-likeness (QED) is 0.453. The van der Waals surface area contributed by atoms with E-state index in [1.54, 1.807) is 32.4 Å². The molecule has 8 heteroatoms. The van der Waals surface area contributed by atoms with E-state index in [2.05, 4.69) is 4.99 Å². The second kappa shape index (κ2) is 10.5. The van der Waals surface area contributed by atoms with Crippen LogP contribution in [-0.4, -0.2) is 29.9 Å². The third-order valence-electron chi connectivity index (χ3n) is 5.58. The van der Waals surface area contributed by atoms with Crippen molar-refractivity contribution in [3.05, 3.63) is 90.6 Å². The van der Waals surface area contributed by atoms with Crippen molar-refractivity contribution in [2.45, 2.75) is 52.9 Å². The first-order valence-electron chi connectivity index (χ1n) is 11.8. The van der Waals surface area contributed by atoms with Crippen molar-refractivity contribution in [3.8, 4) is 11.5 Å². The van der Waals surface area contributed by atoms with Gasteiger partial charge in [-0.05, 0) is 64.5 Å². The number of fused-ring (bicyclic) bond motifs is 1. The molecule has 0 saturated carbocycles. The number of esters is 1. The van der Waals surface area contributed by atoms with Gasteiger partial charge in [0.15, 0.2) is 4.80 Å². The van der Waals surface area contributed by atoms with Gasteiger partial charge in [-0.3, -0.25) is 9.36 Å². The molecular weight excluding hydrogens is 476 g/mol. The fourth-order valence-electron chi connectivity index (χ4n) is 4.06. The molecule has 1 aromatic heterocycles. The van der Waals surface area contributed by atoms with Crippen molar-refractivity contribution in [1.82, 2.24) is 4.57 Å². The van der Waals surface area contributed by atoms with Gasteiger partial charge in [-0.15, -0.1) is 0 Å². The molecule has 36 heavy (non-hydrogen) atoms. The molecule has 7 nitrogen and oxygen atoms in total. The monoisotopic (exact) mass is 506 g/mol. The summed E-state index contributed by atoms with van der Waals surface area (Å²) < 4.78 is 18.9. The van der Waals surface area contributed by atoms with Gasteiger partial charge in [0, 0.05) is 5.56 Å². The Morgan fingerprint density at radius 3 is 2.39 bits per heavy atom. The van der Waals surface area contributed by atoms with E-state index in [0.717, 1.165) is 11.1 Å². The molecule has 0 N–H and O–H groups in total. The number of benzene rings is 2. The summed E-state index contributed by atoms with van der Waals surface area (Å²) in [6.07, 6.45) is 1.50. The first-order valence-corrected chi connectivity index (χ1v) is 12.6. The average Bonchev–Trinajstić information content (AvgIpc) is 3.13. The molecule has 1 aliphatic rings. The highest BCUT2D eigenvalue weighted by Crippen LogP contribution is 2.32. The Labute approximate surface area is 214 Å². The summed E-state index contributed by atoms with van der Waals surface area (Å²) in [5, 5.41) is 0. The van der Waals surface area contributed by atoms with Gasteiger partial charge in [-0.2, -0.15) is 0 Å². The zero-order valence-electron chi connectivity index (χ0n) is 21.3. The number of rotatable bonds is 7. The van der Waals surface area contributed by atoms with E-state index in [9.17, 15) is 9.59 Å². The number of methoxy groups -OCH3 is 1. The lowest BCUT2D eigenvalue weighted by Crippen LogP contribution is -2.40. The Hall–Kier alpha value is -3.65. The van der Waals surface area contributed by atoms with Crippen molar-refractivity contribution in [2.75, 3.05) is 7.11 Å². The average molecular weight is 507 g/mol. The van der Waals surface area contributed by atoms with Crippen LogP contribution < -0.4 is 24.4 Å². The SMILES string of the molecule is COc1ccc([C@@H]2C(C(=O)OC(C)C)=C(C)N=c3s/c(=C\c4ccccc4OC(C)C)c(=O)n32)cc1. The fraction of sp³-hybridized carbons (Fsp3) is 0.321. The highest BCUT2D eigenvalue weighted by Gasteiger charge is 2.33. The topological polar surface area (TPSA) is 79.1 Å². The van der Waals surface area contributed by atoms with E-state index in [0.29, 0.717) is 32.1 Å². The number of hydrogen-bond acceptors (Lipinski definition) is 7. The zero-order valence-corrected chi connectivity index (χ0v) is 22.1. The summed E-state index contributed by atoms with van der Waals surface area (Å²) in [6.45, 7) is 9.28. The van der Waals surface area contributed by atoms with Crippen molar-refractivity contribution in [3.63, 3.8) is 0 Å². The molecule has 188 valence electrons. The molecule has 0 aliphatic carbocycles. The van der Waals surface area contributed by atoms with E-state index in [4.69, 9.17) is 14.2 Å². The van der Waals surface area contributed by atoms with Gasteiger partial charge in [0.25, 0.3) is 5.56 Å². The molecule has 0 saturated heterocycles. The first kappa shape index (κ1) is 25.4. The molecule has 0 spiro atoms. The predicted octanol–water partition coefficient (Wildman–Crippen LogP) is 3.98. The van der Waals surface area contributed by atoms with Gasteiger partial charge in [-0.1, -0.05) is 41.7 Å². The Bertz CT molecular complexity index is 1480. The van der Waals surface area contributed by atoms with Crippen LogP contribution in [0.5, 0.6) is 11.5 Å². The van der Waals surface area contributed by atoms with Crippen LogP contribution in [0.4, 0.5) is 0 Å². The maximum atomic E-state index is 13.8. The third kappa shape index (κ3) is 5.14. The molecule has 1 atom stereocenters. The Kier molecular flexibility index (Phi) is 7.45. The van der Waals surface area contributed by atoms with Crippen molar-refractivity contribution < 1.29 is 19.0 Å². The fourth-order valence-corrected chi connectivity index (χ4v) is 5.10. The highest BCUT2D eigenvalue weighted by molar-refractivity contribution is 7.07. The van der Waals surface area contributed by atoms with Crippen molar-refractivity contribution in [2.24, 2.45) is 4.99 Å². The van der Waals surface area contributed by atoms with E-state index in [-0.39, 0.29) is 17.8 Å². The number of allylic oxidation sites excluding steroid dienone is 1. The second-order valence-electron chi connectivity index (χ2n) is 9.01. The van der Waals surface area contributed by atoms with Crippen LogP contribution in [0.1, 0.15) is 51.8 Å². The lowest BCUT2D eigenvalue weighted by atomic mass is 9.96. The molecule has 2 aromatic carbocycles. The largest absolute Gasteiger partial charge is 0.497 e. The molecule has 3 aromatic rings. The number of nitrogens with zero attached hydrogens (tertiary/aromatic N) is 2. The number of carbonyl (C=O) groups is 1. The molecule has 0 radical (unpaired) electrons. The Morgan fingerprint density at radius 2 is 1.75 bits per heavy atom. The molecule has 4 rings (SSSR count). The summed E-state index contributed by atoms with van der Waals surface area (Å²) >= 11 is 1.28. The van der Waals surface area contributed by atoms with E-state index >= 15 is 0 Å². The summed E-state index contributed by atoms with van der Waals surface area (Å²) in [6, 6.07) is 14.2. The van der Waals surface area contributed by atoms with Crippen LogP contribution in [0.15, 0.2) is 69.6 Å². The summed E-state index contributed by atoms with van der Waals surface area (Å²) in [7, 11) is 1.59. The predicted molar refractivity (Wildman–Crippen MR) is 140 cm³/mol. The van der Waals surface area contributed by atoms with E-state index in [1.165, 1.54) is 11.3 Å². The number of ether oxygens (including phenoxy) is 3. The minimum Gasteiger partial charge on any atom is -0.497 e. The maximum Gasteiger partial charge on any atom is 0.338 e. The molecule has 1 aliphatic heterocycles. The van der Waals surface area contributed by atoms with Crippen LogP contribution in [0.3, 0.4) is 0 Å². The van der Waals surface area contributed by atoms with E-state index in [1.807, 2.05) is 68.5 Å². The molecular formula is C28H30N2O5S. The lowest BCUT2D eigenvalue weighted by Gasteiger charge is -2.25. The normalized spacial score (nSPS) is 15.7. The second-order valence-corrected chi connectivity index (χ2v) is 10.0. The molecule has 0 fully saturated rings. The molecule has 0 bridgehead atoms. The lowest BCUT2D eigenvalue weighted by molar-refractivity contribution is -0.143. The Balaban J connectivity index is 1.92. The van der Waals surface area contributed by atoms with Crippen molar-refractivity contribution >= 4 is 23.4 Å². The zero-order chi connectivity index (χ0) is 26.0. The number of thiazole rings is 1. The minimum absolute atomic E-state index is 0.00646. The number of hydrogen-bond donors (Lipinski definition) is 0. The number of para-hydroxylation sites is 1. The van der Waals surface area contributed by atoms with Crippen LogP contribution in [0, 0.1) is 0 Å². The van der Waals surface area contributed by atoms with Crippen LogP contribution >= 0.6 is 11.3 Å². The highest BCUT2D eigenvalue weighted by atomic mass is 32.1. The van der Waals surface area contributed by atoms with Crippen LogP contribution in [-0.2, 0) is 9.53 Å². The van der Waals surface area contributed by atoms with Gasteiger partial charge in [-0.25, -0.2) is 9.79 Å². The standard InChI is InChI=1S/C28H30N2O5S/c1-16(2)34-22-10-8-7-9-20(22)15-23-26(31)30-25(19-11-13-21(33-6)14-12-19)24(27(32)35-17(3)4)18(5)29-28(30)36-23/h7-17,25H,1-6H3/b23-15-/t25-/m1/s1. The number of aromatic nitrogens is 1. The molecule has 0 amide bonds. The molecule has 2 heterocycles. The minimum atomic E-state index is -0.678. The van der Waals surface area contributed by atoms with E-state index < -0.39 is 12.0 Å². The van der Waals surface area contributed by atoms with Gasteiger partial charge >= 0.3 is 5.97 Å². The van der Waals surface area contributed by atoms with Crippen LogP contribution in [0.2, 0.25) is 0 Å². The third-order valence-corrected chi connectivity index (χ3v) is 6.57.